The van der Waals surface area contributed by atoms with Gasteiger partial charge in [0.25, 0.3) is 0 Å². The van der Waals surface area contributed by atoms with Crippen LogP contribution in [0, 0.1) is 0 Å². The van der Waals surface area contributed by atoms with Crippen molar-refractivity contribution < 1.29 is 0 Å². The summed E-state index contributed by atoms with van der Waals surface area (Å²) in [5.41, 5.74) is 4.24. The van der Waals surface area contributed by atoms with Crippen LogP contribution in [-0.2, 0) is 6.54 Å². The molecule has 0 spiro atoms. The highest BCUT2D eigenvalue weighted by atomic mass is 32.1. The van der Waals surface area contributed by atoms with Gasteiger partial charge in [0.05, 0.1) is 17.7 Å². The molecule has 1 saturated heterocycles. The Bertz CT molecular complexity index is 891. The van der Waals surface area contributed by atoms with Crippen LogP contribution in [0.2, 0.25) is 0 Å². The lowest BCUT2D eigenvalue weighted by atomic mass is 9.96. The van der Waals surface area contributed by atoms with Crippen molar-refractivity contribution in [1.29, 1.82) is 0 Å². The molecule has 7 heteroatoms. The second kappa shape index (κ2) is 7.99. The molecule has 4 heterocycles. The van der Waals surface area contributed by atoms with E-state index in [4.69, 9.17) is 4.98 Å². The first-order valence-corrected chi connectivity index (χ1v) is 11.3. The minimum atomic E-state index is 0.489. The first-order chi connectivity index (χ1) is 13.9. The van der Waals surface area contributed by atoms with E-state index >= 15 is 0 Å². The fourth-order valence-electron chi connectivity index (χ4n) is 4.61. The number of piperidine rings is 1. The third-order valence-electron chi connectivity index (χ3n) is 6.14. The summed E-state index contributed by atoms with van der Waals surface area (Å²) in [6.07, 6.45) is 13.3. The maximum absolute atomic E-state index is 4.92. The van der Waals surface area contributed by atoms with Crippen LogP contribution in [0.25, 0.3) is 0 Å². The average molecular weight is 395 g/mol. The summed E-state index contributed by atoms with van der Waals surface area (Å²) in [7, 11) is 0. The van der Waals surface area contributed by atoms with E-state index in [0.717, 1.165) is 44.1 Å². The highest BCUT2D eigenvalue weighted by molar-refractivity contribution is 7.07. The van der Waals surface area contributed by atoms with Gasteiger partial charge in [0.1, 0.15) is 5.82 Å². The molecule has 28 heavy (non-hydrogen) atoms. The van der Waals surface area contributed by atoms with E-state index in [2.05, 4.69) is 42.1 Å². The van der Waals surface area contributed by atoms with Crippen LogP contribution >= 0.6 is 11.3 Å². The normalized spacial score (nSPS) is 18.8. The molecule has 1 aliphatic heterocycles. The second-order valence-electron chi connectivity index (χ2n) is 7.92. The number of rotatable bonds is 5. The maximum atomic E-state index is 4.92. The number of nitrogens with zero attached hydrogens (tertiary/aromatic N) is 6. The number of hydrogen-bond acceptors (Lipinski definition) is 6. The predicted octanol–water partition coefficient (Wildman–Crippen LogP) is 4.22. The predicted molar refractivity (Wildman–Crippen MR) is 111 cm³/mol. The highest BCUT2D eigenvalue weighted by Crippen LogP contribution is 2.34. The number of anilines is 1. The number of thiazole rings is 1. The molecule has 5 rings (SSSR count). The summed E-state index contributed by atoms with van der Waals surface area (Å²) >= 11 is 1.65. The summed E-state index contributed by atoms with van der Waals surface area (Å²) in [4.78, 5) is 20.9. The van der Waals surface area contributed by atoms with Gasteiger partial charge < -0.3 is 9.47 Å². The smallest absolute Gasteiger partial charge is 0.225 e. The van der Waals surface area contributed by atoms with Crippen molar-refractivity contribution in [2.75, 3.05) is 18.0 Å². The van der Waals surface area contributed by atoms with E-state index in [1.54, 1.807) is 11.3 Å². The molecule has 2 aliphatic rings. The first-order valence-electron chi connectivity index (χ1n) is 10.3. The van der Waals surface area contributed by atoms with Gasteiger partial charge in [0, 0.05) is 54.6 Å². The topological polar surface area (TPSA) is 59.7 Å². The Morgan fingerprint density at radius 3 is 2.61 bits per heavy atom. The molecule has 0 aromatic carbocycles. The van der Waals surface area contributed by atoms with Gasteiger partial charge in [-0.15, -0.1) is 11.3 Å². The first kappa shape index (κ1) is 17.8. The van der Waals surface area contributed by atoms with Gasteiger partial charge in [-0.05, 0) is 31.7 Å². The van der Waals surface area contributed by atoms with Crippen LogP contribution in [0.1, 0.15) is 67.6 Å². The molecule has 146 valence electrons. The molecule has 1 saturated carbocycles. The summed E-state index contributed by atoms with van der Waals surface area (Å²) < 4.78 is 2.26. The summed E-state index contributed by atoms with van der Waals surface area (Å²) in [5.74, 6) is 3.22. The Morgan fingerprint density at radius 2 is 1.82 bits per heavy atom. The quantitative estimate of drug-likeness (QED) is 0.648. The van der Waals surface area contributed by atoms with E-state index in [-0.39, 0.29) is 0 Å². The van der Waals surface area contributed by atoms with Crippen LogP contribution in [0.15, 0.2) is 35.5 Å². The Kier molecular flexibility index (Phi) is 5.08. The Labute approximate surface area is 169 Å². The lowest BCUT2D eigenvalue weighted by Crippen LogP contribution is -2.35. The summed E-state index contributed by atoms with van der Waals surface area (Å²) in [6, 6.07) is 2.11. The molecule has 0 radical (unpaired) electrons. The SMILES string of the molecule is c1cc(C2CCCC2)nc(N2CCC(c3nccn3Cc3cscn3)CC2)n1. The third kappa shape index (κ3) is 3.68. The van der Waals surface area contributed by atoms with E-state index in [1.165, 1.54) is 37.2 Å². The zero-order valence-electron chi connectivity index (χ0n) is 16.1. The molecule has 3 aromatic heterocycles. The van der Waals surface area contributed by atoms with Crippen molar-refractivity contribution in [3.05, 3.63) is 52.8 Å². The van der Waals surface area contributed by atoms with Gasteiger partial charge in [0.2, 0.25) is 5.95 Å². The van der Waals surface area contributed by atoms with E-state index in [1.807, 2.05) is 17.9 Å². The standard InChI is InChI=1S/C21H26N6S/c1-2-4-16(3-1)19-5-8-23-21(25-19)26-10-6-17(7-11-26)20-22-9-12-27(20)13-18-14-28-15-24-18/h5,8-9,12,14-17H,1-4,6-7,10-11,13H2. The number of hydrogen-bond donors (Lipinski definition) is 0. The Hall–Kier alpha value is -2.28. The molecular weight excluding hydrogens is 368 g/mol. The fraction of sp³-hybridized carbons (Fsp3) is 0.524. The Balaban J connectivity index is 1.25. The minimum absolute atomic E-state index is 0.489. The van der Waals surface area contributed by atoms with Crippen molar-refractivity contribution in [3.63, 3.8) is 0 Å². The zero-order valence-corrected chi connectivity index (χ0v) is 16.9. The molecule has 2 fully saturated rings. The van der Waals surface area contributed by atoms with Crippen molar-refractivity contribution in [3.8, 4) is 0 Å². The van der Waals surface area contributed by atoms with Crippen molar-refractivity contribution in [1.82, 2.24) is 24.5 Å². The van der Waals surface area contributed by atoms with Crippen molar-refractivity contribution in [2.24, 2.45) is 0 Å². The van der Waals surface area contributed by atoms with Gasteiger partial charge in [0.15, 0.2) is 0 Å². The molecular formula is C21H26N6S. The minimum Gasteiger partial charge on any atom is -0.341 e. The largest absolute Gasteiger partial charge is 0.341 e. The highest BCUT2D eigenvalue weighted by Gasteiger charge is 2.26. The Morgan fingerprint density at radius 1 is 0.964 bits per heavy atom. The molecule has 0 bridgehead atoms. The fourth-order valence-corrected chi connectivity index (χ4v) is 5.15. The van der Waals surface area contributed by atoms with Crippen molar-refractivity contribution >= 4 is 17.3 Å². The van der Waals surface area contributed by atoms with Gasteiger partial charge in [-0.25, -0.2) is 19.9 Å². The van der Waals surface area contributed by atoms with E-state index < -0.39 is 0 Å². The number of aromatic nitrogens is 5. The van der Waals surface area contributed by atoms with E-state index in [0.29, 0.717) is 11.8 Å². The monoisotopic (exact) mass is 394 g/mol. The second-order valence-corrected chi connectivity index (χ2v) is 8.64. The molecule has 0 unspecified atom stereocenters. The molecule has 0 amide bonds. The van der Waals surface area contributed by atoms with Crippen LogP contribution in [0.4, 0.5) is 5.95 Å². The third-order valence-corrected chi connectivity index (χ3v) is 6.78. The molecule has 0 N–H and O–H groups in total. The zero-order chi connectivity index (χ0) is 18.8. The van der Waals surface area contributed by atoms with Crippen LogP contribution in [-0.4, -0.2) is 37.6 Å². The summed E-state index contributed by atoms with van der Waals surface area (Å²) in [6.45, 7) is 2.79. The lowest BCUT2D eigenvalue weighted by molar-refractivity contribution is 0.465. The van der Waals surface area contributed by atoms with Gasteiger partial charge in [-0.2, -0.15) is 0 Å². The van der Waals surface area contributed by atoms with Crippen LogP contribution < -0.4 is 4.90 Å². The molecule has 0 atom stereocenters. The van der Waals surface area contributed by atoms with Crippen LogP contribution in [0.3, 0.4) is 0 Å². The van der Waals surface area contributed by atoms with Gasteiger partial charge >= 0.3 is 0 Å². The lowest BCUT2D eigenvalue weighted by Gasteiger charge is -2.32. The van der Waals surface area contributed by atoms with Crippen LogP contribution in [0.5, 0.6) is 0 Å². The molecule has 1 aliphatic carbocycles. The van der Waals surface area contributed by atoms with E-state index in [9.17, 15) is 0 Å². The van der Waals surface area contributed by atoms with Crippen molar-refractivity contribution in [2.45, 2.75) is 56.9 Å². The number of imidazole rings is 1. The maximum Gasteiger partial charge on any atom is 0.225 e. The summed E-state index contributed by atoms with van der Waals surface area (Å²) in [5, 5.41) is 2.11. The van der Waals surface area contributed by atoms with Gasteiger partial charge in [-0.1, -0.05) is 12.8 Å². The van der Waals surface area contributed by atoms with Gasteiger partial charge in [-0.3, -0.25) is 0 Å². The molecule has 3 aromatic rings. The average Bonchev–Trinajstić information content (AvgIpc) is 3.52. The molecule has 6 nitrogen and oxygen atoms in total.